The summed E-state index contributed by atoms with van der Waals surface area (Å²) in [4.78, 5) is 29.7. The maximum absolute atomic E-state index is 10.6. The molecule has 0 spiro atoms. The van der Waals surface area contributed by atoms with Gasteiger partial charge in [0.2, 0.25) is 0 Å². The molecule has 0 amide bonds. The fourth-order valence-corrected chi connectivity index (χ4v) is 3.07. The van der Waals surface area contributed by atoms with Crippen LogP contribution in [0, 0.1) is 32.1 Å². The Morgan fingerprint density at radius 3 is 1.59 bits per heavy atom. The Balaban J connectivity index is 2.94. The molecule has 22 heavy (non-hydrogen) atoms. The molecule has 1 fully saturated rings. The van der Waals surface area contributed by atoms with Gasteiger partial charge in [-0.1, -0.05) is 0 Å². The van der Waals surface area contributed by atoms with E-state index in [4.69, 9.17) is 0 Å². The first-order valence-corrected chi connectivity index (χ1v) is 7.03. The molecule has 0 bridgehead atoms. The molecule has 0 aromatic carbocycles. The summed E-state index contributed by atoms with van der Waals surface area (Å²) in [6.45, 7) is 6.77. The summed E-state index contributed by atoms with van der Waals surface area (Å²) in [5.41, 5.74) is -1.58. The van der Waals surface area contributed by atoms with Crippen molar-refractivity contribution < 1.29 is 25.1 Å². The average Bonchev–Trinajstić information content (AvgIpc) is 2.44. The molecule has 1 heterocycles. The summed E-state index contributed by atoms with van der Waals surface area (Å²) in [7, 11) is 0. The fraction of sp³-hybridized carbons (Fsp3) is 1.00. The highest BCUT2D eigenvalue weighted by atomic mass is 17.0. The van der Waals surface area contributed by atoms with Crippen molar-refractivity contribution in [3.05, 3.63) is 20.2 Å². The van der Waals surface area contributed by atoms with Gasteiger partial charge in [0.1, 0.15) is 13.2 Å². The molecule has 1 saturated heterocycles. The first-order valence-electron chi connectivity index (χ1n) is 7.03. The van der Waals surface area contributed by atoms with Crippen LogP contribution in [0.15, 0.2) is 0 Å². The van der Waals surface area contributed by atoms with Crippen LogP contribution in [0.3, 0.4) is 0 Å². The van der Waals surface area contributed by atoms with Gasteiger partial charge >= 0.3 is 0 Å². The zero-order valence-electron chi connectivity index (χ0n) is 13.2. The third-order valence-corrected chi connectivity index (χ3v) is 4.72. The highest BCUT2D eigenvalue weighted by Gasteiger charge is 2.49. The molecule has 2 atom stereocenters. The Bertz CT molecular complexity index is 389. The molecular weight excluding hydrogens is 298 g/mol. The molecule has 0 aromatic heterocycles. The largest absolute Gasteiger partial charge is 0.314 e. The standard InChI is InChI=1S/C12H23N3O7/c1-11(2)9(7-21-14(17)18)5-6-10(8-22-15(19)20)12(3,4)13(11)16/h9-10,16H,5-8H2,1-4H3. The molecule has 0 aliphatic carbocycles. The van der Waals surface area contributed by atoms with E-state index >= 15 is 0 Å². The van der Waals surface area contributed by atoms with Crippen LogP contribution in [0.25, 0.3) is 0 Å². The van der Waals surface area contributed by atoms with Crippen molar-refractivity contribution in [2.45, 2.75) is 51.6 Å². The maximum Gasteiger partial charge on any atom is 0.294 e. The topological polar surface area (TPSA) is 128 Å². The molecule has 10 nitrogen and oxygen atoms in total. The molecule has 1 rings (SSSR count). The number of hydroxylamine groups is 2. The van der Waals surface area contributed by atoms with Gasteiger partial charge in [-0.15, -0.1) is 20.2 Å². The third kappa shape index (κ3) is 3.95. The molecular formula is C12H23N3O7. The second kappa shape index (κ2) is 6.61. The molecule has 0 aromatic rings. The van der Waals surface area contributed by atoms with Crippen LogP contribution in [0.1, 0.15) is 40.5 Å². The monoisotopic (exact) mass is 321 g/mol. The Labute approximate surface area is 128 Å². The van der Waals surface area contributed by atoms with Gasteiger partial charge < -0.3 is 14.9 Å². The van der Waals surface area contributed by atoms with E-state index < -0.39 is 21.3 Å². The van der Waals surface area contributed by atoms with Crippen molar-refractivity contribution in [1.82, 2.24) is 5.06 Å². The first kappa shape index (κ1) is 18.4. The molecule has 1 aliphatic rings. The zero-order valence-corrected chi connectivity index (χ0v) is 13.2. The van der Waals surface area contributed by atoms with Crippen molar-refractivity contribution >= 4 is 0 Å². The first-order chi connectivity index (χ1) is 9.99. The van der Waals surface area contributed by atoms with Crippen LogP contribution in [-0.4, -0.2) is 44.7 Å². The lowest BCUT2D eigenvalue weighted by Gasteiger charge is -2.47. The highest BCUT2D eigenvalue weighted by molar-refractivity contribution is 4.98. The summed E-state index contributed by atoms with van der Waals surface area (Å²) in [6.07, 6.45) is 1.04. The lowest BCUT2D eigenvalue weighted by Crippen LogP contribution is -2.59. The van der Waals surface area contributed by atoms with E-state index in [1.54, 1.807) is 27.7 Å². The predicted octanol–water partition coefficient (Wildman–Crippen LogP) is 1.68. The van der Waals surface area contributed by atoms with Crippen molar-refractivity contribution in [3.8, 4) is 0 Å². The van der Waals surface area contributed by atoms with E-state index in [0.717, 1.165) is 5.06 Å². The van der Waals surface area contributed by atoms with Crippen LogP contribution in [0.5, 0.6) is 0 Å². The van der Waals surface area contributed by atoms with Gasteiger partial charge in [0, 0.05) is 22.9 Å². The van der Waals surface area contributed by atoms with E-state index in [-0.39, 0.29) is 25.0 Å². The Morgan fingerprint density at radius 2 is 1.32 bits per heavy atom. The highest BCUT2D eigenvalue weighted by Crippen LogP contribution is 2.42. The van der Waals surface area contributed by atoms with Crippen LogP contribution in [0.4, 0.5) is 0 Å². The molecule has 10 heteroatoms. The average molecular weight is 321 g/mol. The summed E-state index contributed by atoms with van der Waals surface area (Å²) in [5, 5.41) is 30.8. The summed E-state index contributed by atoms with van der Waals surface area (Å²) < 4.78 is 0. The van der Waals surface area contributed by atoms with Gasteiger partial charge in [0.15, 0.2) is 0 Å². The molecule has 0 saturated carbocycles. The lowest BCUT2D eigenvalue weighted by atomic mass is 9.85. The van der Waals surface area contributed by atoms with Crippen LogP contribution in [-0.2, 0) is 9.68 Å². The zero-order chi connectivity index (χ0) is 17.1. The Morgan fingerprint density at radius 1 is 1.00 bits per heavy atom. The van der Waals surface area contributed by atoms with Crippen molar-refractivity contribution in [3.63, 3.8) is 0 Å². The second-order valence-electron chi connectivity index (χ2n) is 6.63. The quantitative estimate of drug-likeness (QED) is 0.578. The fourth-order valence-electron chi connectivity index (χ4n) is 3.07. The van der Waals surface area contributed by atoms with Crippen LogP contribution >= 0.6 is 0 Å². The van der Waals surface area contributed by atoms with Crippen LogP contribution < -0.4 is 0 Å². The van der Waals surface area contributed by atoms with Gasteiger partial charge in [-0.3, -0.25) is 0 Å². The van der Waals surface area contributed by atoms with E-state index in [9.17, 15) is 25.4 Å². The van der Waals surface area contributed by atoms with Gasteiger partial charge in [-0.25, -0.2) is 0 Å². The molecule has 128 valence electrons. The number of hydrogen-bond donors (Lipinski definition) is 1. The summed E-state index contributed by atoms with van der Waals surface area (Å²) in [5.74, 6) is -0.606. The molecule has 1 aliphatic heterocycles. The van der Waals surface area contributed by atoms with Gasteiger partial charge in [0.25, 0.3) is 10.2 Å². The van der Waals surface area contributed by atoms with E-state index in [2.05, 4.69) is 9.68 Å². The normalized spacial score (nSPS) is 27.7. The van der Waals surface area contributed by atoms with Crippen molar-refractivity contribution in [2.24, 2.45) is 11.8 Å². The maximum atomic E-state index is 10.6. The van der Waals surface area contributed by atoms with E-state index in [1.165, 1.54) is 0 Å². The minimum absolute atomic E-state index is 0.143. The van der Waals surface area contributed by atoms with E-state index in [1.807, 2.05) is 0 Å². The van der Waals surface area contributed by atoms with Gasteiger partial charge in [-0.2, -0.15) is 5.06 Å². The second-order valence-corrected chi connectivity index (χ2v) is 6.63. The van der Waals surface area contributed by atoms with Crippen molar-refractivity contribution in [1.29, 1.82) is 0 Å². The number of hydrogen-bond acceptors (Lipinski definition) is 8. The summed E-state index contributed by atoms with van der Waals surface area (Å²) >= 11 is 0. The Hall–Kier alpha value is -1.68. The van der Waals surface area contributed by atoms with E-state index in [0.29, 0.717) is 12.8 Å². The number of nitrogens with zero attached hydrogens (tertiary/aromatic N) is 3. The predicted molar refractivity (Wildman–Crippen MR) is 73.9 cm³/mol. The van der Waals surface area contributed by atoms with Crippen molar-refractivity contribution in [2.75, 3.05) is 13.2 Å². The molecule has 2 unspecified atom stereocenters. The molecule has 1 N–H and O–H groups in total. The third-order valence-electron chi connectivity index (χ3n) is 4.72. The van der Waals surface area contributed by atoms with Gasteiger partial charge in [0.05, 0.1) is 0 Å². The SMILES string of the molecule is CC1(C)C(CO[N+](=O)[O-])CCC(CO[N+](=O)[O-])C(C)(C)N1O. The minimum Gasteiger partial charge on any atom is -0.314 e. The number of rotatable bonds is 6. The smallest absolute Gasteiger partial charge is 0.294 e. The summed E-state index contributed by atoms with van der Waals surface area (Å²) in [6, 6.07) is 0. The Kier molecular flexibility index (Phi) is 5.52. The van der Waals surface area contributed by atoms with Gasteiger partial charge in [-0.05, 0) is 40.5 Å². The lowest BCUT2D eigenvalue weighted by molar-refractivity contribution is -0.759. The molecule has 0 radical (unpaired) electrons. The minimum atomic E-state index is -0.860. The van der Waals surface area contributed by atoms with Crippen LogP contribution in [0.2, 0.25) is 0 Å².